The van der Waals surface area contributed by atoms with Crippen molar-refractivity contribution in [2.45, 2.75) is 11.4 Å². The minimum atomic E-state index is -0.652. The van der Waals surface area contributed by atoms with Crippen LogP contribution in [0.15, 0.2) is 23.1 Å². The Morgan fingerprint density at radius 1 is 1.64 bits per heavy atom. The Morgan fingerprint density at radius 2 is 2.36 bits per heavy atom. The molecule has 14 heavy (non-hydrogen) atoms. The molecule has 0 aliphatic rings. The maximum absolute atomic E-state index is 13.3. The van der Waals surface area contributed by atoms with Gasteiger partial charge in [0.15, 0.2) is 0 Å². The van der Waals surface area contributed by atoms with Crippen molar-refractivity contribution in [3.8, 4) is 0 Å². The first-order chi connectivity index (χ1) is 6.65. The Hall–Kier alpha value is -1.23. The van der Waals surface area contributed by atoms with Gasteiger partial charge < -0.3 is 11.1 Å². The quantitative estimate of drug-likeness (QED) is 0.753. The molecule has 0 heterocycles. The van der Waals surface area contributed by atoms with E-state index in [2.05, 4.69) is 5.32 Å². The molecule has 3 nitrogen and oxygen atoms in total. The van der Waals surface area contributed by atoms with Gasteiger partial charge in [-0.25, -0.2) is 9.18 Å². The van der Waals surface area contributed by atoms with Gasteiger partial charge in [0.2, 0.25) is 0 Å². The van der Waals surface area contributed by atoms with Gasteiger partial charge in [-0.05, 0) is 18.4 Å². The Bertz CT molecular complexity index is 344. The topological polar surface area (TPSA) is 55.1 Å². The Morgan fingerprint density at radius 3 is 2.93 bits per heavy atom. The van der Waals surface area contributed by atoms with Gasteiger partial charge in [-0.15, -0.1) is 11.8 Å². The highest BCUT2D eigenvalue weighted by Gasteiger charge is 2.07. The molecule has 0 saturated heterocycles. The maximum atomic E-state index is 13.3. The molecule has 0 aliphatic heterocycles. The summed E-state index contributed by atoms with van der Waals surface area (Å²) in [5, 5.41) is 2.36. The van der Waals surface area contributed by atoms with Crippen LogP contribution in [-0.4, -0.2) is 12.3 Å². The largest absolute Gasteiger partial charge is 0.352 e. The van der Waals surface area contributed by atoms with Crippen LogP contribution in [0.25, 0.3) is 0 Å². The third-order valence-corrected chi connectivity index (χ3v) is 2.56. The lowest BCUT2D eigenvalue weighted by atomic mass is 10.2. The Labute approximate surface area is 85.9 Å². The zero-order chi connectivity index (χ0) is 10.6. The highest BCUT2D eigenvalue weighted by molar-refractivity contribution is 7.98. The van der Waals surface area contributed by atoms with E-state index < -0.39 is 6.03 Å². The molecule has 1 aromatic rings. The van der Waals surface area contributed by atoms with Gasteiger partial charge >= 0.3 is 6.03 Å². The second-order valence-corrected chi connectivity index (χ2v) is 3.49. The summed E-state index contributed by atoms with van der Waals surface area (Å²) in [6.45, 7) is 0.123. The molecule has 0 spiro atoms. The number of hydrogen-bond donors (Lipinski definition) is 2. The summed E-state index contributed by atoms with van der Waals surface area (Å²) < 4.78 is 13.3. The van der Waals surface area contributed by atoms with E-state index >= 15 is 0 Å². The van der Waals surface area contributed by atoms with Crippen LogP contribution in [0.2, 0.25) is 0 Å². The zero-order valence-corrected chi connectivity index (χ0v) is 8.53. The van der Waals surface area contributed by atoms with E-state index in [1.54, 1.807) is 12.1 Å². The summed E-state index contributed by atoms with van der Waals surface area (Å²) in [7, 11) is 0. The van der Waals surface area contributed by atoms with Crippen LogP contribution in [-0.2, 0) is 6.54 Å². The average molecular weight is 214 g/mol. The number of primary amides is 1. The smallest absolute Gasteiger partial charge is 0.312 e. The fraction of sp³-hybridized carbons (Fsp3) is 0.222. The number of nitrogens with two attached hydrogens (primary N) is 1. The number of amides is 2. The predicted octanol–water partition coefficient (Wildman–Crippen LogP) is 1.72. The van der Waals surface area contributed by atoms with E-state index in [4.69, 9.17) is 5.73 Å². The molecule has 5 heteroatoms. The van der Waals surface area contributed by atoms with Crippen LogP contribution in [0.1, 0.15) is 5.56 Å². The maximum Gasteiger partial charge on any atom is 0.312 e. The molecule has 0 aromatic heterocycles. The number of halogens is 1. The van der Waals surface area contributed by atoms with Crippen LogP contribution in [0.3, 0.4) is 0 Å². The highest BCUT2D eigenvalue weighted by atomic mass is 32.2. The monoisotopic (exact) mass is 214 g/mol. The number of hydrogen-bond acceptors (Lipinski definition) is 2. The summed E-state index contributed by atoms with van der Waals surface area (Å²) in [6, 6.07) is 4.14. The number of rotatable bonds is 3. The molecule has 0 aliphatic carbocycles. The molecule has 0 radical (unpaired) electrons. The van der Waals surface area contributed by atoms with E-state index in [0.29, 0.717) is 5.56 Å². The fourth-order valence-electron chi connectivity index (χ4n) is 1.08. The van der Waals surface area contributed by atoms with Gasteiger partial charge in [0, 0.05) is 17.0 Å². The molecular weight excluding hydrogens is 203 g/mol. The summed E-state index contributed by atoms with van der Waals surface area (Å²) in [6.07, 6.45) is 1.85. The Balaban J connectivity index is 2.87. The third-order valence-electron chi connectivity index (χ3n) is 1.74. The van der Waals surface area contributed by atoms with Crippen molar-refractivity contribution < 1.29 is 9.18 Å². The molecule has 0 fully saturated rings. The van der Waals surface area contributed by atoms with Gasteiger partial charge in [-0.2, -0.15) is 0 Å². The van der Waals surface area contributed by atoms with E-state index in [1.165, 1.54) is 17.8 Å². The standard InChI is InChI=1S/C9H11FN2OS/c1-14-8-4-2-3-7(10)6(8)5-12-9(11)13/h2-4H,5H2,1H3,(H3,11,12,13). The number of carbonyl (C=O) groups excluding carboxylic acids is 1. The second kappa shape index (κ2) is 4.85. The van der Waals surface area contributed by atoms with E-state index in [-0.39, 0.29) is 12.4 Å². The lowest BCUT2D eigenvalue weighted by Gasteiger charge is -2.08. The number of urea groups is 1. The van der Waals surface area contributed by atoms with Crippen molar-refractivity contribution in [2.75, 3.05) is 6.26 Å². The minimum Gasteiger partial charge on any atom is -0.352 e. The van der Waals surface area contributed by atoms with Crippen molar-refractivity contribution >= 4 is 17.8 Å². The van der Waals surface area contributed by atoms with E-state index in [9.17, 15) is 9.18 Å². The number of nitrogens with one attached hydrogen (secondary N) is 1. The first-order valence-corrected chi connectivity index (χ1v) is 5.22. The molecular formula is C9H11FN2OS. The van der Waals surface area contributed by atoms with Crippen molar-refractivity contribution in [1.29, 1.82) is 0 Å². The van der Waals surface area contributed by atoms with Crippen LogP contribution >= 0.6 is 11.8 Å². The molecule has 1 aromatic carbocycles. The lowest BCUT2D eigenvalue weighted by Crippen LogP contribution is -2.29. The fourth-order valence-corrected chi connectivity index (χ4v) is 1.71. The van der Waals surface area contributed by atoms with Gasteiger partial charge in [0.05, 0.1) is 0 Å². The average Bonchev–Trinajstić information content (AvgIpc) is 2.15. The summed E-state index contributed by atoms with van der Waals surface area (Å²) in [5.74, 6) is -0.328. The SMILES string of the molecule is CSc1cccc(F)c1CNC(N)=O. The van der Waals surface area contributed by atoms with Crippen LogP contribution in [0, 0.1) is 5.82 Å². The molecule has 0 atom stereocenters. The molecule has 2 amide bonds. The normalized spacial score (nSPS) is 9.86. The first-order valence-electron chi connectivity index (χ1n) is 4.00. The lowest BCUT2D eigenvalue weighted by molar-refractivity contribution is 0.248. The summed E-state index contributed by atoms with van der Waals surface area (Å²) in [4.78, 5) is 11.3. The molecule has 3 N–H and O–H groups in total. The molecule has 0 bridgehead atoms. The van der Waals surface area contributed by atoms with Crippen LogP contribution in [0.5, 0.6) is 0 Å². The summed E-state index contributed by atoms with van der Waals surface area (Å²) in [5.41, 5.74) is 5.37. The van der Waals surface area contributed by atoms with Crippen molar-refractivity contribution in [3.05, 3.63) is 29.6 Å². The van der Waals surface area contributed by atoms with Crippen molar-refractivity contribution in [1.82, 2.24) is 5.32 Å². The van der Waals surface area contributed by atoms with Crippen LogP contribution in [0.4, 0.5) is 9.18 Å². The van der Waals surface area contributed by atoms with Gasteiger partial charge in [0.25, 0.3) is 0 Å². The molecule has 1 rings (SSSR count). The van der Waals surface area contributed by atoms with Crippen molar-refractivity contribution in [3.63, 3.8) is 0 Å². The number of benzene rings is 1. The minimum absolute atomic E-state index is 0.123. The highest BCUT2D eigenvalue weighted by Crippen LogP contribution is 2.22. The third kappa shape index (κ3) is 2.63. The predicted molar refractivity (Wildman–Crippen MR) is 54.6 cm³/mol. The van der Waals surface area contributed by atoms with Gasteiger partial charge in [-0.1, -0.05) is 6.07 Å². The van der Waals surface area contributed by atoms with Crippen molar-refractivity contribution in [2.24, 2.45) is 5.73 Å². The second-order valence-electron chi connectivity index (χ2n) is 2.64. The van der Waals surface area contributed by atoms with Gasteiger partial charge in [-0.3, -0.25) is 0 Å². The molecule has 76 valence electrons. The van der Waals surface area contributed by atoms with E-state index in [0.717, 1.165) is 4.90 Å². The van der Waals surface area contributed by atoms with Gasteiger partial charge in [0.1, 0.15) is 5.82 Å². The summed E-state index contributed by atoms with van der Waals surface area (Å²) >= 11 is 1.43. The number of carbonyl (C=O) groups is 1. The van der Waals surface area contributed by atoms with Crippen LogP contribution < -0.4 is 11.1 Å². The Kier molecular flexibility index (Phi) is 3.76. The van der Waals surface area contributed by atoms with E-state index in [1.807, 2.05) is 6.26 Å². The first kappa shape index (κ1) is 10.8. The molecule has 0 unspecified atom stereocenters. The zero-order valence-electron chi connectivity index (χ0n) is 7.71. The number of thioether (sulfide) groups is 1. The molecule has 0 saturated carbocycles.